The van der Waals surface area contributed by atoms with Gasteiger partial charge in [-0.2, -0.15) is 0 Å². The van der Waals surface area contributed by atoms with Gasteiger partial charge in [-0.15, -0.1) is 0 Å². The zero-order valence-corrected chi connectivity index (χ0v) is 19.2. The van der Waals surface area contributed by atoms with Crippen molar-refractivity contribution in [2.75, 3.05) is 26.9 Å². The first-order valence-electron chi connectivity index (χ1n) is 11.4. The highest BCUT2D eigenvalue weighted by molar-refractivity contribution is 5.81. The molecule has 0 fully saturated rings. The van der Waals surface area contributed by atoms with E-state index in [4.69, 9.17) is 18.9 Å². The summed E-state index contributed by atoms with van der Waals surface area (Å²) in [5.41, 5.74) is 4.97. The van der Waals surface area contributed by atoms with Crippen molar-refractivity contribution in [1.29, 1.82) is 0 Å². The van der Waals surface area contributed by atoms with Crippen molar-refractivity contribution < 1.29 is 33.6 Å². The van der Waals surface area contributed by atoms with Crippen LogP contribution in [-0.2, 0) is 16.0 Å². The third-order valence-electron chi connectivity index (χ3n) is 6.30. The molecule has 1 amide bonds. The number of hydrogen-bond donors (Lipinski definition) is 2. The highest BCUT2D eigenvalue weighted by Crippen LogP contribution is 2.44. The van der Waals surface area contributed by atoms with Gasteiger partial charge in [-0.25, -0.2) is 9.59 Å². The van der Waals surface area contributed by atoms with Crippen molar-refractivity contribution in [2.24, 2.45) is 0 Å². The van der Waals surface area contributed by atoms with Crippen molar-refractivity contribution in [3.05, 3.63) is 77.4 Å². The van der Waals surface area contributed by atoms with Gasteiger partial charge in [0.05, 0.1) is 7.11 Å². The van der Waals surface area contributed by atoms with Gasteiger partial charge in [-0.1, -0.05) is 48.5 Å². The molecule has 1 aliphatic heterocycles. The number of carboxylic acid groups (broad SMARTS) is 1. The van der Waals surface area contributed by atoms with E-state index >= 15 is 0 Å². The fourth-order valence-corrected chi connectivity index (χ4v) is 4.66. The van der Waals surface area contributed by atoms with Gasteiger partial charge in [0.1, 0.15) is 31.6 Å². The van der Waals surface area contributed by atoms with E-state index < -0.39 is 18.1 Å². The number of aliphatic carboxylic acids is 1. The summed E-state index contributed by atoms with van der Waals surface area (Å²) in [6, 6.07) is 18.2. The highest BCUT2D eigenvalue weighted by atomic mass is 16.6. The molecule has 2 aliphatic rings. The van der Waals surface area contributed by atoms with Gasteiger partial charge in [0.2, 0.25) is 0 Å². The summed E-state index contributed by atoms with van der Waals surface area (Å²) in [4.78, 5) is 24.6. The topological polar surface area (TPSA) is 103 Å². The van der Waals surface area contributed by atoms with Crippen LogP contribution in [0.1, 0.15) is 22.6 Å². The summed E-state index contributed by atoms with van der Waals surface area (Å²) in [6.45, 7) is 0.926. The molecular formula is C27H25NO7. The molecule has 1 aliphatic carbocycles. The Bertz CT molecular complexity index is 1230. The van der Waals surface area contributed by atoms with Gasteiger partial charge in [-0.3, -0.25) is 0 Å². The van der Waals surface area contributed by atoms with Crippen molar-refractivity contribution in [3.8, 4) is 28.4 Å². The van der Waals surface area contributed by atoms with Gasteiger partial charge in [-0.05, 0) is 28.3 Å². The minimum absolute atomic E-state index is 0.0145. The SMILES string of the molecule is COc1cc2c(cc1CC(NC(=O)OCC1c3ccccc3-c3ccccc31)C(=O)O)OCCO2. The number of benzene rings is 3. The lowest BCUT2D eigenvalue weighted by molar-refractivity contribution is -0.139. The number of rotatable bonds is 7. The molecular weight excluding hydrogens is 450 g/mol. The van der Waals surface area contributed by atoms with Crippen LogP contribution in [0.5, 0.6) is 17.2 Å². The largest absolute Gasteiger partial charge is 0.496 e. The van der Waals surface area contributed by atoms with E-state index in [1.54, 1.807) is 12.1 Å². The summed E-state index contributed by atoms with van der Waals surface area (Å²) >= 11 is 0. The molecule has 35 heavy (non-hydrogen) atoms. The molecule has 3 aromatic rings. The predicted octanol–water partition coefficient (Wildman–Crippen LogP) is 4.00. The monoisotopic (exact) mass is 475 g/mol. The van der Waals surface area contributed by atoms with Crippen molar-refractivity contribution in [2.45, 2.75) is 18.4 Å². The van der Waals surface area contributed by atoms with Gasteiger partial charge in [0, 0.05) is 24.0 Å². The Balaban J connectivity index is 1.28. The van der Waals surface area contributed by atoms with Crippen molar-refractivity contribution in [1.82, 2.24) is 5.32 Å². The summed E-state index contributed by atoms with van der Waals surface area (Å²) < 4.78 is 22.1. The molecule has 8 heteroatoms. The average Bonchev–Trinajstić information content (AvgIpc) is 3.20. The number of nitrogens with one attached hydrogen (secondary N) is 1. The van der Waals surface area contributed by atoms with E-state index in [1.807, 2.05) is 36.4 Å². The molecule has 1 atom stereocenters. The molecule has 3 aromatic carbocycles. The smallest absolute Gasteiger partial charge is 0.407 e. The number of carbonyl (C=O) groups is 2. The average molecular weight is 475 g/mol. The van der Waals surface area contributed by atoms with Crippen LogP contribution in [0.25, 0.3) is 11.1 Å². The third-order valence-corrected chi connectivity index (χ3v) is 6.30. The number of methoxy groups -OCH3 is 1. The van der Waals surface area contributed by atoms with Crippen LogP contribution in [0.2, 0.25) is 0 Å². The molecule has 2 N–H and O–H groups in total. The normalized spacial score (nSPS) is 14.4. The maximum atomic E-state index is 12.6. The Hall–Kier alpha value is -4.20. The maximum Gasteiger partial charge on any atom is 0.407 e. The van der Waals surface area contributed by atoms with Gasteiger partial charge >= 0.3 is 12.1 Å². The van der Waals surface area contributed by atoms with Crippen LogP contribution >= 0.6 is 0 Å². The Morgan fingerprint density at radius 1 is 1.00 bits per heavy atom. The molecule has 1 unspecified atom stereocenters. The minimum atomic E-state index is -1.22. The molecule has 0 saturated carbocycles. The molecule has 0 radical (unpaired) electrons. The first-order valence-corrected chi connectivity index (χ1v) is 11.4. The van der Waals surface area contributed by atoms with E-state index in [-0.39, 0.29) is 18.9 Å². The lowest BCUT2D eigenvalue weighted by Crippen LogP contribution is -2.43. The van der Waals surface area contributed by atoms with Crippen LogP contribution in [0.3, 0.4) is 0 Å². The zero-order chi connectivity index (χ0) is 24.4. The molecule has 0 spiro atoms. The lowest BCUT2D eigenvalue weighted by Gasteiger charge is -2.22. The second kappa shape index (κ2) is 9.58. The third kappa shape index (κ3) is 4.47. The predicted molar refractivity (Wildman–Crippen MR) is 127 cm³/mol. The lowest BCUT2D eigenvalue weighted by atomic mass is 9.98. The molecule has 180 valence electrons. The summed E-state index contributed by atoms with van der Waals surface area (Å²) in [5.74, 6) is 0.199. The minimum Gasteiger partial charge on any atom is -0.496 e. The Kier molecular flexibility index (Phi) is 6.18. The quantitative estimate of drug-likeness (QED) is 0.532. The van der Waals surface area contributed by atoms with E-state index in [2.05, 4.69) is 17.4 Å². The Morgan fingerprint density at radius 2 is 1.60 bits per heavy atom. The Labute approximate surface area is 202 Å². The van der Waals surface area contributed by atoms with E-state index in [0.29, 0.717) is 36.0 Å². The molecule has 8 nitrogen and oxygen atoms in total. The fraction of sp³-hybridized carbons (Fsp3) is 0.259. The first-order chi connectivity index (χ1) is 17.0. The highest BCUT2D eigenvalue weighted by Gasteiger charge is 2.30. The molecule has 1 heterocycles. The number of ether oxygens (including phenoxy) is 4. The number of hydrogen-bond acceptors (Lipinski definition) is 6. The van der Waals surface area contributed by atoms with Crippen LogP contribution in [-0.4, -0.2) is 50.1 Å². The second-order valence-electron chi connectivity index (χ2n) is 8.37. The molecule has 0 bridgehead atoms. The number of carbonyl (C=O) groups excluding carboxylic acids is 1. The number of carboxylic acids is 1. The summed E-state index contributed by atoms with van der Waals surface area (Å²) in [6.07, 6.45) is -0.810. The number of alkyl carbamates (subject to hydrolysis) is 1. The first kappa shape index (κ1) is 22.6. The number of fused-ring (bicyclic) bond motifs is 4. The Morgan fingerprint density at radius 3 is 2.20 bits per heavy atom. The zero-order valence-electron chi connectivity index (χ0n) is 19.2. The fourth-order valence-electron chi connectivity index (χ4n) is 4.66. The van der Waals surface area contributed by atoms with E-state index in [1.165, 1.54) is 7.11 Å². The van der Waals surface area contributed by atoms with Crippen LogP contribution in [0.4, 0.5) is 4.79 Å². The molecule has 5 rings (SSSR count). The number of amides is 1. The summed E-state index contributed by atoms with van der Waals surface area (Å²) in [7, 11) is 1.49. The maximum absolute atomic E-state index is 12.6. The molecule has 0 saturated heterocycles. The van der Waals surface area contributed by atoms with Crippen molar-refractivity contribution in [3.63, 3.8) is 0 Å². The van der Waals surface area contributed by atoms with Crippen molar-refractivity contribution >= 4 is 12.1 Å². The van der Waals surface area contributed by atoms with Gasteiger partial charge in [0.25, 0.3) is 0 Å². The molecule has 0 aromatic heterocycles. The van der Waals surface area contributed by atoms with Gasteiger partial charge in [0.15, 0.2) is 11.5 Å². The summed E-state index contributed by atoms with van der Waals surface area (Å²) in [5, 5.41) is 12.2. The second-order valence-corrected chi connectivity index (χ2v) is 8.37. The van der Waals surface area contributed by atoms with Crippen LogP contribution < -0.4 is 19.5 Å². The standard InChI is InChI=1S/C27H25NO7/c1-32-23-14-25-24(33-10-11-34-25)13-16(23)12-22(26(29)30)28-27(31)35-15-21-19-8-4-2-6-17(19)18-7-3-5-9-20(18)21/h2-9,13-14,21-22H,10-12,15H2,1H3,(H,28,31)(H,29,30). The van der Waals surface area contributed by atoms with Crippen LogP contribution in [0.15, 0.2) is 60.7 Å². The van der Waals surface area contributed by atoms with Crippen LogP contribution in [0, 0.1) is 0 Å². The van der Waals surface area contributed by atoms with E-state index in [0.717, 1.165) is 22.3 Å². The van der Waals surface area contributed by atoms with Gasteiger partial charge < -0.3 is 29.4 Å². The van der Waals surface area contributed by atoms with E-state index in [9.17, 15) is 14.7 Å².